The van der Waals surface area contributed by atoms with Crippen LogP contribution in [0.1, 0.15) is 25.0 Å². The van der Waals surface area contributed by atoms with Gasteiger partial charge in [-0.3, -0.25) is 4.79 Å². The number of carboxylic acid groups (broad SMARTS) is 1. The molecule has 0 amide bonds. The summed E-state index contributed by atoms with van der Waals surface area (Å²) in [6.45, 7) is 4.15. The standard InChI is InChI=1S/C16H20N2O2/c1-10(2)6-7-11-4-3-5-13-12(9-18-15(11)13)8-14(17)16(19)20/h3-6,9,14,18H,7-8,17H2,1-2H3,(H,19,20). The van der Waals surface area contributed by atoms with Gasteiger partial charge in [0.2, 0.25) is 0 Å². The molecule has 20 heavy (non-hydrogen) atoms. The van der Waals surface area contributed by atoms with Crippen molar-refractivity contribution in [2.24, 2.45) is 5.73 Å². The largest absolute Gasteiger partial charge is 0.480 e. The molecule has 2 rings (SSSR count). The molecule has 0 fully saturated rings. The van der Waals surface area contributed by atoms with Crippen molar-refractivity contribution in [3.63, 3.8) is 0 Å². The van der Waals surface area contributed by atoms with Crippen LogP contribution < -0.4 is 5.73 Å². The number of aliphatic carboxylic acids is 1. The fourth-order valence-corrected chi connectivity index (χ4v) is 2.25. The highest BCUT2D eigenvalue weighted by Crippen LogP contribution is 2.23. The number of nitrogens with two attached hydrogens (primary N) is 1. The third-order valence-electron chi connectivity index (χ3n) is 3.37. The van der Waals surface area contributed by atoms with Crippen molar-refractivity contribution in [2.45, 2.75) is 32.7 Å². The first kappa shape index (κ1) is 14.3. The van der Waals surface area contributed by atoms with Gasteiger partial charge in [-0.2, -0.15) is 0 Å². The Kier molecular flexibility index (Phi) is 4.25. The Morgan fingerprint density at radius 2 is 2.15 bits per heavy atom. The molecule has 0 saturated heterocycles. The van der Waals surface area contributed by atoms with E-state index in [2.05, 4.69) is 31.0 Å². The second-order valence-corrected chi connectivity index (χ2v) is 5.29. The van der Waals surface area contributed by atoms with Gasteiger partial charge in [-0.1, -0.05) is 29.8 Å². The molecule has 4 nitrogen and oxygen atoms in total. The zero-order chi connectivity index (χ0) is 14.7. The van der Waals surface area contributed by atoms with E-state index in [4.69, 9.17) is 10.8 Å². The number of carbonyl (C=O) groups is 1. The molecule has 1 aromatic carbocycles. The highest BCUT2D eigenvalue weighted by atomic mass is 16.4. The predicted molar refractivity (Wildman–Crippen MR) is 80.7 cm³/mol. The summed E-state index contributed by atoms with van der Waals surface area (Å²) in [5.41, 5.74) is 10.1. The molecule has 0 aliphatic heterocycles. The van der Waals surface area contributed by atoms with Crippen LogP contribution in [0, 0.1) is 0 Å². The predicted octanol–water partition coefficient (Wildman–Crippen LogP) is 2.63. The number of hydrogen-bond acceptors (Lipinski definition) is 2. The molecular formula is C16H20N2O2. The van der Waals surface area contributed by atoms with Crippen LogP contribution in [0.2, 0.25) is 0 Å². The normalized spacial score (nSPS) is 12.3. The number of nitrogens with one attached hydrogen (secondary N) is 1. The minimum absolute atomic E-state index is 0.335. The fourth-order valence-electron chi connectivity index (χ4n) is 2.25. The average Bonchev–Trinajstić information content (AvgIpc) is 2.80. The molecule has 0 radical (unpaired) electrons. The van der Waals surface area contributed by atoms with Gasteiger partial charge in [-0.15, -0.1) is 0 Å². The van der Waals surface area contributed by atoms with Crippen LogP contribution >= 0.6 is 0 Å². The second kappa shape index (κ2) is 5.92. The van der Waals surface area contributed by atoms with Gasteiger partial charge >= 0.3 is 5.97 Å². The maximum atomic E-state index is 10.9. The Balaban J connectivity index is 2.34. The molecule has 0 aliphatic rings. The number of allylic oxidation sites excluding steroid dienone is 2. The number of aromatic nitrogens is 1. The third kappa shape index (κ3) is 3.08. The van der Waals surface area contributed by atoms with Crippen LogP contribution in [0.25, 0.3) is 10.9 Å². The van der Waals surface area contributed by atoms with Crippen LogP contribution in [0.5, 0.6) is 0 Å². The van der Waals surface area contributed by atoms with Gasteiger partial charge in [0.15, 0.2) is 0 Å². The lowest BCUT2D eigenvalue weighted by Gasteiger charge is -2.05. The zero-order valence-corrected chi connectivity index (χ0v) is 11.8. The first-order chi connectivity index (χ1) is 9.49. The van der Waals surface area contributed by atoms with E-state index in [0.717, 1.165) is 22.9 Å². The minimum Gasteiger partial charge on any atom is -0.480 e. The Morgan fingerprint density at radius 3 is 2.80 bits per heavy atom. The van der Waals surface area contributed by atoms with Gasteiger partial charge in [-0.25, -0.2) is 0 Å². The highest BCUT2D eigenvalue weighted by molar-refractivity contribution is 5.87. The summed E-state index contributed by atoms with van der Waals surface area (Å²) in [7, 11) is 0. The molecule has 4 N–H and O–H groups in total. The lowest BCUT2D eigenvalue weighted by atomic mass is 10.0. The monoisotopic (exact) mass is 272 g/mol. The van der Waals surface area contributed by atoms with Crippen molar-refractivity contribution in [3.05, 3.63) is 47.2 Å². The van der Waals surface area contributed by atoms with Gasteiger partial charge in [0, 0.05) is 23.5 Å². The van der Waals surface area contributed by atoms with Gasteiger partial charge in [0.1, 0.15) is 6.04 Å². The van der Waals surface area contributed by atoms with E-state index < -0.39 is 12.0 Å². The first-order valence-corrected chi connectivity index (χ1v) is 6.68. The minimum atomic E-state index is -0.972. The van der Waals surface area contributed by atoms with Crippen molar-refractivity contribution < 1.29 is 9.90 Å². The lowest BCUT2D eigenvalue weighted by molar-refractivity contribution is -0.138. The van der Waals surface area contributed by atoms with E-state index in [0.29, 0.717) is 6.42 Å². The van der Waals surface area contributed by atoms with Gasteiger partial charge in [0.25, 0.3) is 0 Å². The molecule has 2 aromatic rings. The summed E-state index contributed by atoms with van der Waals surface area (Å²) in [4.78, 5) is 14.1. The fraction of sp³-hybridized carbons (Fsp3) is 0.312. The Morgan fingerprint density at radius 1 is 1.40 bits per heavy atom. The Labute approximate surface area is 118 Å². The molecule has 0 saturated carbocycles. The van der Waals surface area contributed by atoms with E-state index in [9.17, 15) is 4.79 Å². The number of H-pyrrole nitrogens is 1. The molecule has 4 heteroatoms. The van der Waals surface area contributed by atoms with E-state index in [1.54, 1.807) is 0 Å². The molecular weight excluding hydrogens is 252 g/mol. The van der Waals surface area contributed by atoms with Crippen LogP contribution in [-0.4, -0.2) is 22.1 Å². The molecule has 1 heterocycles. The topological polar surface area (TPSA) is 79.1 Å². The Hall–Kier alpha value is -2.07. The van der Waals surface area contributed by atoms with Crippen molar-refractivity contribution in [1.82, 2.24) is 4.98 Å². The number of aromatic amines is 1. The summed E-state index contributed by atoms with van der Waals surface area (Å²) >= 11 is 0. The number of fused-ring (bicyclic) bond motifs is 1. The van der Waals surface area contributed by atoms with E-state index in [1.807, 2.05) is 18.3 Å². The quantitative estimate of drug-likeness (QED) is 0.732. The van der Waals surface area contributed by atoms with E-state index in [-0.39, 0.29) is 0 Å². The first-order valence-electron chi connectivity index (χ1n) is 6.68. The molecule has 106 valence electrons. The number of para-hydroxylation sites is 1. The molecule has 0 spiro atoms. The molecule has 0 aliphatic carbocycles. The number of hydrogen-bond donors (Lipinski definition) is 3. The van der Waals surface area contributed by atoms with Crippen LogP contribution in [0.15, 0.2) is 36.0 Å². The summed E-state index contributed by atoms with van der Waals surface area (Å²) in [6, 6.07) is 5.22. The zero-order valence-electron chi connectivity index (χ0n) is 11.8. The number of rotatable bonds is 5. The number of benzene rings is 1. The summed E-state index contributed by atoms with van der Waals surface area (Å²) in [6.07, 6.45) is 5.24. The van der Waals surface area contributed by atoms with Gasteiger partial charge < -0.3 is 15.8 Å². The SMILES string of the molecule is CC(C)=CCc1cccc2c(CC(N)C(=O)O)c[nH]c12. The van der Waals surface area contributed by atoms with Gasteiger partial charge in [0.05, 0.1) is 0 Å². The highest BCUT2D eigenvalue weighted by Gasteiger charge is 2.15. The molecule has 0 bridgehead atoms. The molecule has 1 atom stereocenters. The van der Waals surface area contributed by atoms with Crippen LogP contribution in [-0.2, 0) is 17.6 Å². The number of carboxylic acids is 1. The maximum Gasteiger partial charge on any atom is 0.320 e. The van der Waals surface area contributed by atoms with E-state index in [1.165, 1.54) is 11.1 Å². The third-order valence-corrected chi connectivity index (χ3v) is 3.37. The second-order valence-electron chi connectivity index (χ2n) is 5.29. The maximum absolute atomic E-state index is 10.9. The van der Waals surface area contributed by atoms with Crippen molar-refractivity contribution in [1.29, 1.82) is 0 Å². The van der Waals surface area contributed by atoms with Crippen LogP contribution in [0.3, 0.4) is 0 Å². The van der Waals surface area contributed by atoms with Crippen LogP contribution in [0.4, 0.5) is 0 Å². The van der Waals surface area contributed by atoms with Crippen molar-refractivity contribution in [2.75, 3.05) is 0 Å². The summed E-state index contributed by atoms with van der Waals surface area (Å²) < 4.78 is 0. The molecule has 1 aromatic heterocycles. The lowest BCUT2D eigenvalue weighted by Crippen LogP contribution is -2.32. The molecule has 1 unspecified atom stereocenters. The van der Waals surface area contributed by atoms with Crippen molar-refractivity contribution in [3.8, 4) is 0 Å². The average molecular weight is 272 g/mol. The van der Waals surface area contributed by atoms with Gasteiger partial charge in [-0.05, 0) is 31.4 Å². The summed E-state index contributed by atoms with van der Waals surface area (Å²) in [5, 5.41) is 9.97. The van der Waals surface area contributed by atoms with E-state index >= 15 is 0 Å². The summed E-state index contributed by atoms with van der Waals surface area (Å²) in [5.74, 6) is -0.972. The Bertz CT molecular complexity index is 652. The van der Waals surface area contributed by atoms with Crippen molar-refractivity contribution >= 4 is 16.9 Å². The smallest absolute Gasteiger partial charge is 0.320 e.